The third-order valence-corrected chi connectivity index (χ3v) is 0.774. The summed E-state index contributed by atoms with van der Waals surface area (Å²) in [4.78, 5) is 0. The van der Waals surface area contributed by atoms with Gasteiger partial charge in [-0.15, -0.1) is 0 Å². The molecular formula is C4H13NO2. The summed E-state index contributed by atoms with van der Waals surface area (Å²) < 4.78 is 0.0694. The normalized spacial score (nSPS) is 10.3. The monoisotopic (exact) mass is 107 g/mol. The molecule has 0 radical (unpaired) electrons. The van der Waals surface area contributed by atoms with E-state index in [-0.39, 0.29) is 10.1 Å². The van der Waals surface area contributed by atoms with Crippen LogP contribution in [0.5, 0.6) is 0 Å². The van der Waals surface area contributed by atoms with Crippen molar-refractivity contribution in [2.45, 2.75) is 6.92 Å². The second kappa shape index (κ2) is 2.96. The third kappa shape index (κ3) is 10.7. The molecule has 0 aliphatic rings. The fourth-order valence-electron chi connectivity index (χ4n) is 0. The Balaban J connectivity index is 0. The van der Waals surface area contributed by atoms with E-state index in [1.54, 1.807) is 14.1 Å². The van der Waals surface area contributed by atoms with E-state index in [9.17, 15) is 0 Å². The molecule has 0 unspecified atom stereocenters. The van der Waals surface area contributed by atoms with Gasteiger partial charge in [0.1, 0.15) is 6.54 Å². The molecule has 0 spiro atoms. The minimum absolute atomic E-state index is 0. The number of rotatable bonds is 1. The molecule has 0 heterocycles. The Kier molecular flexibility index (Phi) is 4.22. The van der Waals surface area contributed by atoms with Crippen LogP contribution in [0.1, 0.15) is 6.92 Å². The molecule has 2 N–H and O–H groups in total. The number of hydrogen-bond acceptors (Lipinski definition) is 2. The highest BCUT2D eigenvalue weighted by Crippen LogP contribution is 1.82. The topological polar surface area (TPSA) is 50.2 Å². The number of nitrogens with zero attached hydrogens (tertiary/aromatic N) is 1. The Labute approximate surface area is 44.0 Å². The van der Waals surface area contributed by atoms with E-state index < -0.39 is 0 Å². The van der Waals surface area contributed by atoms with Crippen LogP contribution in [-0.2, 0) is 0 Å². The molecule has 0 aromatic carbocycles. The van der Waals surface area contributed by atoms with Crippen LogP contribution in [0.2, 0.25) is 0 Å². The first-order chi connectivity index (χ1) is 2.56. The zero-order chi connectivity index (χ0) is 5.21. The number of hydroxylamine groups is 3. The molecule has 0 atom stereocenters. The lowest BCUT2D eigenvalue weighted by molar-refractivity contribution is -1.07. The van der Waals surface area contributed by atoms with Crippen LogP contribution < -0.4 is 0 Å². The van der Waals surface area contributed by atoms with Gasteiger partial charge in [0.15, 0.2) is 0 Å². The summed E-state index contributed by atoms with van der Waals surface area (Å²) in [6.45, 7) is 2.69. The van der Waals surface area contributed by atoms with Crippen LogP contribution in [0.25, 0.3) is 0 Å². The molecule has 3 nitrogen and oxygen atoms in total. The van der Waals surface area contributed by atoms with E-state index in [0.29, 0.717) is 0 Å². The van der Waals surface area contributed by atoms with Crippen LogP contribution in [0, 0.1) is 0 Å². The van der Waals surface area contributed by atoms with E-state index in [2.05, 4.69) is 0 Å². The van der Waals surface area contributed by atoms with Gasteiger partial charge in [-0.05, 0) is 6.92 Å². The summed E-state index contributed by atoms with van der Waals surface area (Å²) in [5.74, 6) is 0. The molecule has 0 saturated carbocycles. The third-order valence-electron chi connectivity index (χ3n) is 0.774. The van der Waals surface area contributed by atoms with Crippen LogP contribution in [0.3, 0.4) is 0 Å². The zero-order valence-electron chi connectivity index (χ0n) is 5.05. The van der Waals surface area contributed by atoms with Gasteiger partial charge in [-0.2, -0.15) is 4.65 Å². The van der Waals surface area contributed by atoms with Crippen molar-refractivity contribution in [1.29, 1.82) is 0 Å². The van der Waals surface area contributed by atoms with E-state index in [0.717, 1.165) is 6.54 Å². The summed E-state index contributed by atoms with van der Waals surface area (Å²) in [5, 5.41) is 8.76. The number of hydrogen-bond donors (Lipinski definition) is 1. The van der Waals surface area contributed by atoms with Crippen molar-refractivity contribution in [3.8, 4) is 0 Å². The van der Waals surface area contributed by atoms with Gasteiger partial charge >= 0.3 is 0 Å². The van der Waals surface area contributed by atoms with Crippen molar-refractivity contribution in [3.63, 3.8) is 0 Å². The van der Waals surface area contributed by atoms with E-state index in [4.69, 9.17) is 5.21 Å². The maximum absolute atomic E-state index is 8.76. The minimum Gasteiger partial charge on any atom is -0.870 e. The molecule has 0 amide bonds. The Bertz CT molecular complexity index is 39.4. The highest BCUT2D eigenvalue weighted by atomic mass is 16.5. The average molecular weight is 107 g/mol. The van der Waals surface area contributed by atoms with Crippen molar-refractivity contribution >= 4 is 0 Å². The summed E-state index contributed by atoms with van der Waals surface area (Å²) in [7, 11) is 3.47. The standard InChI is InChI=1S/C4H12NO.H2O/c1-4-5(2,3)6;/h6H,4H2,1-3H3;1H2/q+1;/p-1. The van der Waals surface area contributed by atoms with Gasteiger partial charge in [-0.1, -0.05) is 0 Å². The molecule has 0 aromatic rings. The summed E-state index contributed by atoms with van der Waals surface area (Å²) in [6.07, 6.45) is 0. The fraction of sp³-hybridized carbons (Fsp3) is 1.00. The second-order valence-electron chi connectivity index (χ2n) is 1.94. The molecule has 0 aromatic heterocycles. The van der Waals surface area contributed by atoms with Crippen molar-refractivity contribution in [1.82, 2.24) is 0 Å². The van der Waals surface area contributed by atoms with Crippen molar-refractivity contribution in [2.75, 3.05) is 20.6 Å². The lowest BCUT2D eigenvalue weighted by atomic mass is 10.7. The van der Waals surface area contributed by atoms with Gasteiger partial charge in [0, 0.05) is 0 Å². The highest BCUT2D eigenvalue weighted by molar-refractivity contribution is 3.99. The predicted molar refractivity (Wildman–Crippen MR) is 26.4 cm³/mol. The lowest BCUT2D eigenvalue weighted by Crippen LogP contribution is -2.34. The maximum atomic E-state index is 8.76. The van der Waals surface area contributed by atoms with E-state index >= 15 is 0 Å². The van der Waals surface area contributed by atoms with Gasteiger partial charge in [0.2, 0.25) is 0 Å². The molecule has 0 saturated heterocycles. The first-order valence-electron chi connectivity index (χ1n) is 2.12. The molecule has 0 rings (SSSR count). The second-order valence-corrected chi connectivity index (χ2v) is 1.94. The maximum Gasteiger partial charge on any atom is 0.105 e. The molecule has 3 heteroatoms. The molecule has 0 bridgehead atoms. The Morgan fingerprint density at radius 3 is 1.57 bits per heavy atom. The quantitative estimate of drug-likeness (QED) is 0.387. The SMILES string of the molecule is CC[N+](C)(C)O.[OH-]. The molecule has 46 valence electrons. The predicted octanol–water partition coefficient (Wildman–Crippen LogP) is 0.295. The van der Waals surface area contributed by atoms with Gasteiger partial charge in [0.05, 0.1) is 14.1 Å². The van der Waals surface area contributed by atoms with Crippen molar-refractivity contribution in [2.24, 2.45) is 0 Å². The molecule has 7 heavy (non-hydrogen) atoms. The first-order valence-corrected chi connectivity index (χ1v) is 2.12. The Morgan fingerprint density at radius 1 is 1.43 bits per heavy atom. The minimum atomic E-state index is 0. The van der Waals surface area contributed by atoms with Gasteiger partial charge in [-0.25, -0.2) is 5.21 Å². The van der Waals surface area contributed by atoms with Crippen molar-refractivity contribution in [3.05, 3.63) is 0 Å². The molecular weight excluding hydrogens is 94.0 g/mol. The smallest absolute Gasteiger partial charge is 0.105 e. The first kappa shape index (κ1) is 9.99. The van der Waals surface area contributed by atoms with Crippen LogP contribution in [-0.4, -0.2) is 36.0 Å². The lowest BCUT2D eigenvalue weighted by Gasteiger charge is -2.15. The number of quaternary nitrogens is 1. The largest absolute Gasteiger partial charge is 0.870 e. The van der Waals surface area contributed by atoms with E-state index in [1.165, 1.54) is 0 Å². The average Bonchev–Trinajstić information content (AvgIpc) is 1.35. The van der Waals surface area contributed by atoms with Gasteiger partial charge in [-0.3, -0.25) is 0 Å². The van der Waals surface area contributed by atoms with Gasteiger partial charge in [0.25, 0.3) is 0 Å². The van der Waals surface area contributed by atoms with Crippen LogP contribution in [0.15, 0.2) is 0 Å². The Hall–Kier alpha value is -0.120. The highest BCUT2D eigenvalue weighted by Gasteiger charge is 2.02. The Morgan fingerprint density at radius 2 is 1.57 bits per heavy atom. The summed E-state index contributed by atoms with van der Waals surface area (Å²) in [5.41, 5.74) is 0. The molecule has 0 fully saturated rings. The van der Waals surface area contributed by atoms with E-state index in [1.807, 2.05) is 6.92 Å². The summed E-state index contributed by atoms with van der Waals surface area (Å²) >= 11 is 0. The fourth-order valence-corrected chi connectivity index (χ4v) is 0. The van der Waals surface area contributed by atoms with Crippen LogP contribution >= 0.6 is 0 Å². The van der Waals surface area contributed by atoms with Crippen molar-refractivity contribution < 1.29 is 15.3 Å². The summed E-state index contributed by atoms with van der Waals surface area (Å²) in [6, 6.07) is 0. The van der Waals surface area contributed by atoms with Gasteiger partial charge < -0.3 is 5.48 Å². The van der Waals surface area contributed by atoms with Crippen LogP contribution in [0.4, 0.5) is 0 Å². The zero-order valence-corrected chi connectivity index (χ0v) is 5.05. The molecule has 0 aliphatic carbocycles. The molecule has 0 aliphatic heterocycles.